The average molecular weight is 170 g/mol. The van der Waals surface area contributed by atoms with Crippen LogP contribution in [0.15, 0.2) is 0 Å². The Morgan fingerprint density at radius 3 is 2.75 bits per heavy atom. The van der Waals surface area contributed by atoms with Crippen molar-refractivity contribution >= 4 is 0 Å². The molecule has 2 heteroatoms. The highest BCUT2D eigenvalue weighted by Crippen LogP contribution is 2.24. The van der Waals surface area contributed by atoms with Crippen LogP contribution in [0.1, 0.15) is 32.6 Å². The van der Waals surface area contributed by atoms with Gasteiger partial charge >= 0.3 is 0 Å². The number of rotatable bonds is 3. The van der Waals surface area contributed by atoms with Gasteiger partial charge in [-0.25, -0.2) is 0 Å². The number of piperidine rings is 1. The monoisotopic (exact) mass is 170 g/mol. The minimum Gasteiger partial charge on any atom is -0.313 e. The number of nitrogens with zero attached hydrogens (tertiary/aromatic N) is 1. The SMILES string of the molecule is CCCC1(NC)CCCN(C)C1. The summed E-state index contributed by atoms with van der Waals surface area (Å²) in [6, 6.07) is 0. The molecule has 0 aromatic rings. The Morgan fingerprint density at radius 1 is 1.50 bits per heavy atom. The largest absolute Gasteiger partial charge is 0.313 e. The zero-order valence-corrected chi connectivity index (χ0v) is 8.69. The van der Waals surface area contributed by atoms with Crippen LogP contribution in [-0.2, 0) is 0 Å². The predicted molar refractivity (Wildman–Crippen MR) is 53.4 cm³/mol. The average Bonchev–Trinajstić information content (AvgIpc) is 2.05. The van der Waals surface area contributed by atoms with Gasteiger partial charge in [-0.1, -0.05) is 13.3 Å². The van der Waals surface area contributed by atoms with Gasteiger partial charge in [-0.3, -0.25) is 0 Å². The Bertz CT molecular complexity index is 132. The third kappa shape index (κ3) is 2.20. The molecular formula is C10H22N2. The third-order valence-electron chi connectivity index (χ3n) is 3.03. The van der Waals surface area contributed by atoms with Gasteiger partial charge in [0.15, 0.2) is 0 Å². The fraction of sp³-hybridized carbons (Fsp3) is 1.00. The van der Waals surface area contributed by atoms with Crippen molar-refractivity contribution in [1.29, 1.82) is 0 Å². The summed E-state index contributed by atoms with van der Waals surface area (Å²) < 4.78 is 0. The van der Waals surface area contributed by atoms with Crippen LogP contribution >= 0.6 is 0 Å². The molecule has 0 saturated carbocycles. The molecular weight excluding hydrogens is 148 g/mol. The van der Waals surface area contributed by atoms with E-state index < -0.39 is 0 Å². The van der Waals surface area contributed by atoms with Gasteiger partial charge < -0.3 is 10.2 Å². The summed E-state index contributed by atoms with van der Waals surface area (Å²) in [6.45, 7) is 4.76. The molecule has 1 saturated heterocycles. The maximum atomic E-state index is 3.51. The zero-order chi connectivity index (χ0) is 9.03. The minimum atomic E-state index is 0.418. The molecule has 2 nitrogen and oxygen atoms in total. The lowest BCUT2D eigenvalue weighted by atomic mass is 9.85. The molecule has 1 N–H and O–H groups in total. The molecule has 1 fully saturated rings. The third-order valence-corrected chi connectivity index (χ3v) is 3.03. The molecule has 0 aromatic heterocycles. The highest BCUT2D eigenvalue weighted by molar-refractivity contribution is 4.92. The van der Waals surface area contributed by atoms with Gasteiger partial charge in [-0.05, 0) is 39.9 Å². The van der Waals surface area contributed by atoms with Crippen molar-refractivity contribution in [3.05, 3.63) is 0 Å². The van der Waals surface area contributed by atoms with Gasteiger partial charge in [-0.15, -0.1) is 0 Å². The maximum absolute atomic E-state index is 3.51. The van der Waals surface area contributed by atoms with Crippen LogP contribution in [0.4, 0.5) is 0 Å². The first-order chi connectivity index (χ1) is 5.72. The predicted octanol–water partition coefficient (Wildman–Crippen LogP) is 1.47. The maximum Gasteiger partial charge on any atom is 0.0306 e. The van der Waals surface area contributed by atoms with Gasteiger partial charge in [0, 0.05) is 12.1 Å². The molecule has 1 heterocycles. The van der Waals surface area contributed by atoms with Crippen molar-refractivity contribution in [2.75, 3.05) is 27.2 Å². The molecule has 1 unspecified atom stereocenters. The van der Waals surface area contributed by atoms with E-state index in [-0.39, 0.29) is 0 Å². The van der Waals surface area contributed by atoms with Crippen molar-refractivity contribution in [3.63, 3.8) is 0 Å². The van der Waals surface area contributed by atoms with E-state index in [1.807, 2.05) is 0 Å². The van der Waals surface area contributed by atoms with Gasteiger partial charge in [0.2, 0.25) is 0 Å². The van der Waals surface area contributed by atoms with Crippen LogP contribution in [0.25, 0.3) is 0 Å². The summed E-state index contributed by atoms with van der Waals surface area (Å²) in [4.78, 5) is 2.44. The minimum absolute atomic E-state index is 0.418. The highest BCUT2D eigenvalue weighted by Gasteiger charge is 2.31. The molecule has 1 aliphatic heterocycles. The summed E-state index contributed by atoms with van der Waals surface area (Å²) in [5, 5.41) is 3.51. The van der Waals surface area contributed by atoms with Crippen LogP contribution in [0.3, 0.4) is 0 Å². The smallest absolute Gasteiger partial charge is 0.0306 e. The van der Waals surface area contributed by atoms with Crippen LogP contribution in [-0.4, -0.2) is 37.6 Å². The summed E-state index contributed by atoms with van der Waals surface area (Å²) >= 11 is 0. The Labute approximate surface area is 76.3 Å². The summed E-state index contributed by atoms with van der Waals surface area (Å²) in [6.07, 6.45) is 5.29. The normalized spacial score (nSPS) is 32.2. The molecule has 0 radical (unpaired) electrons. The van der Waals surface area contributed by atoms with E-state index in [1.165, 1.54) is 38.8 Å². The Kier molecular flexibility index (Phi) is 3.53. The van der Waals surface area contributed by atoms with Crippen LogP contribution in [0.5, 0.6) is 0 Å². The van der Waals surface area contributed by atoms with Crippen molar-refractivity contribution in [2.24, 2.45) is 0 Å². The van der Waals surface area contributed by atoms with Crippen LogP contribution in [0.2, 0.25) is 0 Å². The topological polar surface area (TPSA) is 15.3 Å². The fourth-order valence-corrected chi connectivity index (χ4v) is 2.37. The first kappa shape index (κ1) is 10.0. The molecule has 0 bridgehead atoms. The van der Waals surface area contributed by atoms with E-state index >= 15 is 0 Å². The summed E-state index contributed by atoms with van der Waals surface area (Å²) in [7, 11) is 4.33. The molecule has 1 rings (SSSR count). The van der Waals surface area contributed by atoms with Gasteiger partial charge in [-0.2, -0.15) is 0 Å². The standard InChI is InChI=1S/C10H22N2/c1-4-6-10(11-2)7-5-8-12(3)9-10/h11H,4-9H2,1-3H3. The molecule has 0 aromatic carbocycles. The highest BCUT2D eigenvalue weighted by atomic mass is 15.2. The van der Waals surface area contributed by atoms with Gasteiger partial charge in [0.05, 0.1) is 0 Å². The van der Waals surface area contributed by atoms with E-state index in [4.69, 9.17) is 0 Å². The van der Waals surface area contributed by atoms with Gasteiger partial charge in [0.1, 0.15) is 0 Å². The molecule has 1 atom stereocenters. The van der Waals surface area contributed by atoms with Crippen LogP contribution in [0, 0.1) is 0 Å². The first-order valence-electron chi connectivity index (χ1n) is 5.10. The molecule has 12 heavy (non-hydrogen) atoms. The molecule has 0 amide bonds. The van der Waals surface area contributed by atoms with E-state index in [0.29, 0.717) is 5.54 Å². The summed E-state index contributed by atoms with van der Waals surface area (Å²) in [5.74, 6) is 0. The second-order valence-electron chi connectivity index (χ2n) is 4.12. The lowest BCUT2D eigenvalue weighted by molar-refractivity contribution is 0.142. The van der Waals surface area contributed by atoms with E-state index in [2.05, 4.69) is 31.2 Å². The van der Waals surface area contributed by atoms with Crippen LogP contribution < -0.4 is 5.32 Å². The van der Waals surface area contributed by atoms with Crippen molar-refractivity contribution in [1.82, 2.24) is 10.2 Å². The van der Waals surface area contributed by atoms with Crippen molar-refractivity contribution in [3.8, 4) is 0 Å². The number of hydrogen-bond acceptors (Lipinski definition) is 2. The van der Waals surface area contributed by atoms with Gasteiger partial charge in [0.25, 0.3) is 0 Å². The molecule has 0 spiro atoms. The molecule has 1 aliphatic rings. The van der Waals surface area contributed by atoms with Crippen molar-refractivity contribution < 1.29 is 0 Å². The van der Waals surface area contributed by atoms with E-state index in [0.717, 1.165) is 0 Å². The Balaban J connectivity index is 2.51. The van der Waals surface area contributed by atoms with E-state index in [1.54, 1.807) is 0 Å². The molecule has 72 valence electrons. The van der Waals surface area contributed by atoms with Crippen molar-refractivity contribution in [2.45, 2.75) is 38.1 Å². The number of nitrogens with one attached hydrogen (secondary N) is 1. The van der Waals surface area contributed by atoms with E-state index in [9.17, 15) is 0 Å². The number of hydrogen-bond donors (Lipinski definition) is 1. The lowest BCUT2D eigenvalue weighted by Gasteiger charge is -2.41. The Hall–Kier alpha value is -0.0800. The second kappa shape index (κ2) is 4.24. The summed E-state index contributed by atoms with van der Waals surface area (Å²) in [5.41, 5.74) is 0.418. The first-order valence-corrected chi connectivity index (χ1v) is 5.10. The number of likely N-dealkylation sites (N-methyl/N-ethyl adjacent to an activating group) is 2. The second-order valence-corrected chi connectivity index (χ2v) is 4.12. The number of likely N-dealkylation sites (tertiary alicyclic amines) is 1. The molecule has 0 aliphatic carbocycles. The lowest BCUT2D eigenvalue weighted by Crippen LogP contribution is -2.54. The quantitative estimate of drug-likeness (QED) is 0.690. The zero-order valence-electron chi connectivity index (χ0n) is 8.69. The Morgan fingerprint density at radius 2 is 2.25 bits per heavy atom. The fourth-order valence-electron chi connectivity index (χ4n) is 2.37.